The number of halogens is 3. The van der Waals surface area contributed by atoms with E-state index in [-0.39, 0.29) is 5.82 Å². The first-order valence-corrected chi connectivity index (χ1v) is 7.75. The van der Waals surface area contributed by atoms with Gasteiger partial charge in [-0.1, -0.05) is 29.4 Å². The van der Waals surface area contributed by atoms with Crippen LogP contribution >= 0.6 is 0 Å². The van der Waals surface area contributed by atoms with E-state index in [1.165, 1.54) is 0 Å². The number of benzene rings is 1. The van der Waals surface area contributed by atoms with E-state index in [9.17, 15) is 13.2 Å². The maximum Gasteiger partial charge on any atom is 0.471 e. The van der Waals surface area contributed by atoms with Crippen LogP contribution < -0.4 is 0 Å². The third kappa shape index (κ3) is 3.93. The minimum absolute atomic E-state index is 0.0534. The highest BCUT2D eigenvalue weighted by Gasteiger charge is 2.38. The van der Waals surface area contributed by atoms with Crippen molar-refractivity contribution in [1.82, 2.24) is 15.2 Å². The molecule has 3 rings (SSSR count). The highest BCUT2D eigenvalue weighted by atomic mass is 19.4. The van der Waals surface area contributed by atoms with Crippen molar-refractivity contribution in [3.63, 3.8) is 0 Å². The lowest BCUT2D eigenvalue weighted by atomic mass is 9.90. The molecule has 0 bridgehead atoms. The molecule has 130 valence electrons. The van der Waals surface area contributed by atoms with E-state index < -0.39 is 12.1 Å². The molecular weight excluding hydrogens is 323 g/mol. The minimum Gasteiger partial charge on any atom is -0.329 e. The van der Waals surface area contributed by atoms with Gasteiger partial charge in [0.1, 0.15) is 0 Å². The summed E-state index contributed by atoms with van der Waals surface area (Å²) >= 11 is 0. The average molecular weight is 341 g/mol. The molecule has 0 unspecified atom stereocenters. The van der Waals surface area contributed by atoms with E-state index in [2.05, 4.69) is 14.7 Å². The molecule has 0 atom stereocenters. The lowest BCUT2D eigenvalue weighted by Gasteiger charge is -2.30. The van der Waals surface area contributed by atoms with Gasteiger partial charge in [-0.25, -0.2) is 0 Å². The Labute approximate surface area is 137 Å². The molecule has 0 spiro atoms. The summed E-state index contributed by atoms with van der Waals surface area (Å²) in [6.07, 6.45) is -1.55. The molecule has 1 aromatic carbocycles. The molecule has 8 heteroatoms. The number of aromatic nitrogens is 2. The van der Waals surface area contributed by atoms with Crippen molar-refractivity contribution in [3.8, 4) is 11.4 Å². The van der Waals surface area contributed by atoms with E-state index >= 15 is 0 Å². The Kier molecular flexibility index (Phi) is 4.86. The second-order valence-corrected chi connectivity index (χ2v) is 5.88. The van der Waals surface area contributed by atoms with Crippen LogP contribution in [0.4, 0.5) is 13.2 Å². The van der Waals surface area contributed by atoms with Gasteiger partial charge in [0.25, 0.3) is 0 Å². The molecule has 1 aromatic heterocycles. The summed E-state index contributed by atoms with van der Waals surface area (Å²) in [4.78, 5) is 8.60. The molecule has 0 amide bonds. The Balaban J connectivity index is 1.62. The number of nitrogens with zero attached hydrogens (tertiary/aromatic N) is 3. The first-order valence-electron chi connectivity index (χ1n) is 7.75. The molecular formula is C16H18F3N3O2. The van der Waals surface area contributed by atoms with Crippen LogP contribution in [0.25, 0.3) is 11.4 Å². The number of alkyl halides is 3. The molecule has 0 saturated carbocycles. The Hall–Kier alpha value is -1.93. The van der Waals surface area contributed by atoms with Crippen LogP contribution in [-0.4, -0.2) is 35.4 Å². The summed E-state index contributed by atoms with van der Waals surface area (Å²) in [7, 11) is 1.68. The summed E-state index contributed by atoms with van der Waals surface area (Å²) in [5.74, 6) is -0.794. The zero-order valence-corrected chi connectivity index (χ0v) is 13.2. The third-order valence-electron chi connectivity index (χ3n) is 4.24. The van der Waals surface area contributed by atoms with Crippen molar-refractivity contribution in [1.29, 1.82) is 0 Å². The fraction of sp³-hybridized carbons (Fsp3) is 0.500. The third-order valence-corrected chi connectivity index (χ3v) is 4.24. The van der Waals surface area contributed by atoms with Crippen LogP contribution in [0.3, 0.4) is 0 Å². The van der Waals surface area contributed by atoms with E-state index in [1.54, 1.807) is 19.2 Å². The molecule has 1 aliphatic heterocycles. The van der Waals surface area contributed by atoms with Gasteiger partial charge in [0.15, 0.2) is 0 Å². The zero-order chi connectivity index (χ0) is 17.2. The van der Waals surface area contributed by atoms with Crippen LogP contribution in [-0.2, 0) is 17.4 Å². The van der Waals surface area contributed by atoms with Crippen LogP contribution in [0.2, 0.25) is 0 Å². The number of hydroxylamine groups is 2. The van der Waals surface area contributed by atoms with Crippen LogP contribution in [0.1, 0.15) is 24.3 Å². The summed E-state index contributed by atoms with van der Waals surface area (Å²) in [6.45, 7) is 1.84. The first-order chi connectivity index (χ1) is 11.5. The van der Waals surface area contributed by atoms with Gasteiger partial charge >= 0.3 is 12.1 Å². The van der Waals surface area contributed by atoms with Gasteiger partial charge in [-0.05, 0) is 30.7 Å². The Morgan fingerprint density at radius 2 is 1.88 bits per heavy atom. The molecule has 2 aromatic rings. The van der Waals surface area contributed by atoms with E-state index in [0.29, 0.717) is 11.5 Å². The second-order valence-electron chi connectivity index (χ2n) is 5.88. The molecule has 24 heavy (non-hydrogen) atoms. The molecule has 2 heterocycles. The van der Waals surface area contributed by atoms with Gasteiger partial charge in [0, 0.05) is 18.7 Å². The molecule has 1 saturated heterocycles. The second kappa shape index (κ2) is 6.90. The van der Waals surface area contributed by atoms with Gasteiger partial charge in [0.2, 0.25) is 5.82 Å². The fourth-order valence-corrected chi connectivity index (χ4v) is 2.88. The number of rotatable bonds is 4. The average Bonchev–Trinajstić information content (AvgIpc) is 3.07. The predicted octanol–water partition coefficient (Wildman–Crippen LogP) is 3.57. The van der Waals surface area contributed by atoms with Crippen molar-refractivity contribution in [2.24, 2.45) is 5.92 Å². The molecule has 1 aliphatic rings. The highest BCUT2D eigenvalue weighted by molar-refractivity contribution is 5.54. The highest BCUT2D eigenvalue weighted by Crippen LogP contribution is 2.29. The van der Waals surface area contributed by atoms with Crippen LogP contribution in [0.15, 0.2) is 28.8 Å². The topological polar surface area (TPSA) is 51.4 Å². The fourth-order valence-electron chi connectivity index (χ4n) is 2.88. The Bertz CT molecular complexity index is 662. The van der Waals surface area contributed by atoms with Crippen molar-refractivity contribution >= 4 is 0 Å². The number of piperidine rings is 1. The van der Waals surface area contributed by atoms with Crippen molar-refractivity contribution in [3.05, 3.63) is 35.7 Å². The lowest BCUT2D eigenvalue weighted by Crippen LogP contribution is -2.33. The smallest absolute Gasteiger partial charge is 0.329 e. The van der Waals surface area contributed by atoms with Gasteiger partial charge in [-0.15, -0.1) is 0 Å². The summed E-state index contributed by atoms with van der Waals surface area (Å²) < 4.78 is 41.7. The van der Waals surface area contributed by atoms with E-state index in [0.717, 1.165) is 37.9 Å². The molecule has 0 aliphatic carbocycles. The normalized spacial score (nSPS) is 17.3. The van der Waals surface area contributed by atoms with Crippen LogP contribution in [0.5, 0.6) is 0 Å². The molecule has 5 nitrogen and oxygen atoms in total. The van der Waals surface area contributed by atoms with Gasteiger partial charge in [-0.3, -0.25) is 0 Å². The molecule has 0 radical (unpaired) electrons. The van der Waals surface area contributed by atoms with Crippen molar-refractivity contribution in [2.75, 3.05) is 20.2 Å². The summed E-state index contributed by atoms with van der Waals surface area (Å²) in [5.41, 5.74) is 1.65. The van der Waals surface area contributed by atoms with Gasteiger partial charge in [0.05, 0.1) is 7.11 Å². The molecule has 1 fully saturated rings. The first kappa shape index (κ1) is 16.9. The Morgan fingerprint density at radius 3 is 2.42 bits per heavy atom. The van der Waals surface area contributed by atoms with E-state index in [1.807, 2.05) is 17.2 Å². The quantitative estimate of drug-likeness (QED) is 0.851. The molecule has 0 N–H and O–H groups in total. The largest absolute Gasteiger partial charge is 0.471 e. The van der Waals surface area contributed by atoms with Crippen LogP contribution in [0, 0.1) is 5.92 Å². The maximum absolute atomic E-state index is 12.5. The zero-order valence-electron chi connectivity index (χ0n) is 13.2. The van der Waals surface area contributed by atoms with Crippen molar-refractivity contribution < 1.29 is 22.5 Å². The lowest BCUT2D eigenvalue weighted by molar-refractivity contribution is -0.159. The monoisotopic (exact) mass is 341 g/mol. The standard InChI is InChI=1S/C16H18F3N3O2/c1-23-22-8-6-12(7-9-22)10-11-2-4-13(5-3-11)14-20-15(24-21-14)16(17,18)19/h2-5,12H,6-10H2,1H3. The van der Waals surface area contributed by atoms with Gasteiger partial charge < -0.3 is 9.36 Å². The predicted molar refractivity (Wildman–Crippen MR) is 79.7 cm³/mol. The summed E-state index contributed by atoms with van der Waals surface area (Å²) in [6, 6.07) is 7.26. The maximum atomic E-state index is 12.5. The Morgan fingerprint density at radius 1 is 1.21 bits per heavy atom. The minimum atomic E-state index is -4.62. The van der Waals surface area contributed by atoms with Crippen molar-refractivity contribution in [2.45, 2.75) is 25.4 Å². The SMILES string of the molecule is CON1CCC(Cc2ccc(-c3noc(C(F)(F)F)n3)cc2)CC1. The summed E-state index contributed by atoms with van der Waals surface area (Å²) in [5, 5.41) is 5.34. The number of hydrogen-bond donors (Lipinski definition) is 0. The van der Waals surface area contributed by atoms with E-state index in [4.69, 9.17) is 4.84 Å². The van der Waals surface area contributed by atoms with Gasteiger partial charge in [-0.2, -0.15) is 23.2 Å². The number of hydrogen-bond acceptors (Lipinski definition) is 5.